The molecule has 1 N–H and O–H groups in total. The summed E-state index contributed by atoms with van der Waals surface area (Å²) in [4.78, 5) is 3.40. The Morgan fingerprint density at radius 2 is 1.92 bits per heavy atom. The molecule has 0 atom stereocenters. The van der Waals surface area contributed by atoms with Crippen molar-refractivity contribution in [3.05, 3.63) is 65.1 Å². The third-order valence-electron chi connectivity index (χ3n) is 4.52. The molecule has 0 saturated carbocycles. The first kappa shape index (κ1) is 15.8. The number of aromatic nitrogens is 1. The maximum Gasteiger partial charge on any atom is 0.243 e. The molecule has 5 nitrogen and oxygen atoms in total. The van der Waals surface area contributed by atoms with Crippen LogP contribution in [-0.4, -0.2) is 24.3 Å². The molecule has 2 heterocycles. The van der Waals surface area contributed by atoms with Gasteiger partial charge < -0.3 is 4.98 Å². The predicted octanol–water partition coefficient (Wildman–Crippen LogP) is 2.93. The zero-order valence-electron chi connectivity index (χ0n) is 13.2. The number of benzene rings is 2. The van der Waals surface area contributed by atoms with E-state index >= 15 is 0 Å². The van der Waals surface area contributed by atoms with Gasteiger partial charge in [0, 0.05) is 36.1 Å². The summed E-state index contributed by atoms with van der Waals surface area (Å²) >= 11 is 0. The standard InChI is InChI=1S/C18H14FN3O2S/c19-13-3-6-17-15(9-13)16-11-22(8-7-18(16)21-17)25(23,24)14-4-1-12(10-20)2-5-14/h1-6,9,21H,7-8,11H2. The van der Waals surface area contributed by atoms with Crippen molar-refractivity contribution < 1.29 is 12.8 Å². The van der Waals surface area contributed by atoms with Crippen LogP contribution in [0, 0.1) is 17.1 Å². The predicted molar refractivity (Wildman–Crippen MR) is 90.7 cm³/mol. The van der Waals surface area contributed by atoms with E-state index in [2.05, 4.69) is 4.98 Å². The molecule has 1 aliphatic heterocycles. The van der Waals surface area contributed by atoms with Gasteiger partial charge in [-0.3, -0.25) is 0 Å². The van der Waals surface area contributed by atoms with Gasteiger partial charge in [0.15, 0.2) is 0 Å². The van der Waals surface area contributed by atoms with Crippen LogP contribution in [0.2, 0.25) is 0 Å². The molecule has 1 aliphatic rings. The van der Waals surface area contributed by atoms with Crippen molar-refractivity contribution in [2.75, 3.05) is 6.54 Å². The maximum atomic E-state index is 13.6. The molecule has 1 aromatic heterocycles. The molecule has 0 aliphatic carbocycles. The first-order valence-corrected chi connectivity index (χ1v) is 9.22. The quantitative estimate of drug-likeness (QED) is 0.768. The van der Waals surface area contributed by atoms with Gasteiger partial charge >= 0.3 is 0 Å². The van der Waals surface area contributed by atoms with Crippen LogP contribution < -0.4 is 0 Å². The van der Waals surface area contributed by atoms with E-state index < -0.39 is 10.0 Å². The van der Waals surface area contributed by atoms with Crippen LogP contribution in [0.4, 0.5) is 4.39 Å². The van der Waals surface area contributed by atoms with E-state index in [1.165, 1.54) is 40.7 Å². The summed E-state index contributed by atoms with van der Waals surface area (Å²) in [5.41, 5.74) is 2.99. The first-order valence-electron chi connectivity index (χ1n) is 7.78. The Labute approximate surface area is 144 Å². The van der Waals surface area contributed by atoms with Crippen molar-refractivity contribution in [2.24, 2.45) is 0 Å². The maximum absolute atomic E-state index is 13.6. The summed E-state index contributed by atoms with van der Waals surface area (Å²) < 4.78 is 40.7. The van der Waals surface area contributed by atoms with E-state index in [1.54, 1.807) is 6.07 Å². The lowest BCUT2D eigenvalue weighted by Crippen LogP contribution is -2.35. The smallest absolute Gasteiger partial charge is 0.243 e. The van der Waals surface area contributed by atoms with Gasteiger partial charge in [0.25, 0.3) is 0 Å². The van der Waals surface area contributed by atoms with E-state index in [4.69, 9.17) is 5.26 Å². The normalized spacial score (nSPS) is 15.0. The summed E-state index contributed by atoms with van der Waals surface area (Å²) in [5.74, 6) is -0.346. The Balaban J connectivity index is 1.72. The molecule has 4 rings (SSSR count). The van der Waals surface area contributed by atoms with Crippen molar-refractivity contribution in [1.82, 2.24) is 9.29 Å². The highest BCUT2D eigenvalue weighted by atomic mass is 32.2. The van der Waals surface area contributed by atoms with Gasteiger partial charge in [0.2, 0.25) is 10.0 Å². The second-order valence-electron chi connectivity index (χ2n) is 6.00. The highest BCUT2D eigenvalue weighted by Gasteiger charge is 2.30. The molecular weight excluding hydrogens is 341 g/mol. The number of sulfonamides is 1. The SMILES string of the molecule is N#Cc1ccc(S(=O)(=O)N2CCc3[nH]c4ccc(F)cc4c3C2)cc1. The molecule has 0 radical (unpaired) electrons. The molecule has 0 spiro atoms. The van der Waals surface area contributed by atoms with Gasteiger partial charge in [-0.25, -0.2) is 12.8 Å². The van der Waals surface area contributed by atoms with Crippen LogP contribution in [0.15, 0.2) is 47.4 Å². The Bertz CT molecular complexity index is 1110. The van der Waals surface area contributed by atoms with Crippen LogP contribution in [0.1, 0.15) is 16.8 Å². The van der Waals surface area contributed by atoms with E-state index in [0.29, 0.717) is 18.5 Å². The second kappa shape index (κ2) is 5.69. The minimum Gasteiger partial charge on any atom is -0.358 e. The van der Waals surface area contributed by atoms with Gasteiger partial charge in [0.1, 0.15) is 5.82 Å². The molecule has 25 heavy (non-hydrogen) atoms. The summed E-state index contributed by atoms with van der Waals surface area (Å²) in [6.07, 6.45) is 0.543. The van der Waals surface area contributed by atoms with Crippen molar-refractivity contribution in [1.29, 1.82) is 5.26 Å². The number of nitriles is 1. The summed E-state index contributed by atoms with van der Waals surface area (Å²) in [5, 5.41) is 9.56. The zero-order chi connectivity index (χ0) is 17.6. The molecule has 2 aromatic carbocycles. The average molecular weight is 355 g/mol. The number of aromatic amines is 1. The van der Waals surface area contributed by atoms with Gasteiger partial charge in [-0.15, -0.1) is 0 Å². The Kier molecular flexibility index (Phi) is 3.60. The molecular formula is C18H14FN3O2S. The fraction of sp³-hybridized carbons (Fsp3) is 0.167. The largest absolute Gasteiger partial charge is 0.358 e. The van der Waals surface area contributed by atoms with Gasteiger partial charge in [-0.1, -0.05) is 0 Å². The highest BCUT2D eigenvalue weighted by Crippen LogP contribution is 2.31. The van der Waals surface area contributed by atoms with Gasteiger partial charge in [-0.05, 0) is 48.0 Å². The van der Waals surface area contributed by atoms with Crippen molar-refractivity contribution >= 4 is 20.9 Å². The molecule has 3 aromatic rings. The van der Waals surface area contributed by atoms with E-state index in [0.717, 1.165) is 22.2 Å². The minimum atomic E-state index is -3.67. The van der Waals surface area contributed by atoms with Crippen molar-refractivity contribution in [2.45, 2.75) is 17.9 Å². The number of fused-ring (bicyclic) bond motifs is 3. The number of rotatable bonds is 2. The molecule has 0 amide bonds. The van der Waals surface area contributed by atoms with Gasteiger partial charge in [-0.2, -0.15) is 9.57 Å². The van der Waals surface area contributed by atoms with Crippen molar-refractivity contribution in [3.8, 4) is 6.07 Å². The van der Waals surface area contributed by atoms with Crippen LogP contribution >= 0.6 is 0 Å². The Morgan fingerprint density at radius 1 is 1.16 bits per heavy atom. The highest BCUT2D eigenvalue weighted by molar-refractivity contribution is 7.89. The van der Waals surface area contributed by atoms with Crippen LogP contribution in [0.25, 0.3) is 10.9 Å². The summed E-state index contributed by atoms with van der Waals surface area (Å²) in [6.45, 7) is 0.547. The first-order chi connectivity index (χ1) is 12.0. The fourth-order valence-electron chi connectivity index (χ4n) is 3.22. The lowest BCUT2D eigenvalue weighted by Gasteiger charge is -2.26. The molecule has 126 valence electrons. The Hall–Kier alpha value is -2.69. The van der Waals surface area contributed by atoms with Crippen LogP contribution in [-0.2, 0) is 23.0 Å². The van der Waals surface area contributed by atoms with Crippen LogP contribution in [0.3, 0.4) is 0 Å². The summed E-state index contributed by atoms with van der Waals surface area (Å²) in [6, 6.07) is 12.3. The number of halogens is 1. The number of H-pyrrole nitrogens is 1. The monoisotopic (exact) mass is 355 g/mol. The summed E-state index contributed by atoms with van der Waals surface area (Å²) in [7, 11) is -3.67. The average Bonchev–Trinajstić information content (AvgIpc) is 2.99. The third kappa shape index (κ3) is 2.60. The molecule has 0 unspecified atom stereocenters. The minimum absolute atomic E-state index is 0.154. The topological polar surface area (TPSA) is 77.0 Å². The van der Waals surface area contributed by atoms with E-state index in [-0.39, 0.29) is 17.3 Å². The Morgan fingerprint density at radius 3 is 2.64 bits per heavy atom. The molecule has 0 fully saturated rings. The lowest BCUT2D eigenvalue weighted by molar-refractivity contribution is 0.391. The molecule has 0 saturated heterocycles. The second-order valence-corrected chi connectivity index (χ2v) is 7.93. The molecule has 7 heteroatoms. The zero-order valence-corrected chi connectivity index (χ0v) is 14.0. The lowest BCUT2D eigenvalue weighted by atomic mass is 10.1. The van der Waals surface area contributed by atoms with Crippen molar-refractivity contribution in [3.63, 3.8) is 0 Å². The van der Waals surface area contributed by atoms with Gasteiger partial charge in [0.05, 0.1) is 16.5 Å². The fourth-order valence-corrected chi connectivity index (χ4v) is 4.63. The van der Waals surface area contributed by atoms with E-state index in [1.807, 2.05) is 6.07 Å². The van der Waals surface area contributed by atoms with Crippen LogP contribution in [0.5, 0.6) is 0 Å². The van der Waals surface area contributed by atoms with E-state index in [9.17, 15) is 12.8 Å². The molecule has 0 bridgehead atoms. The number of nitrogens with one attached hydrogen (secondary N) is 1. The third-order valence-corrected chi connectivity index (χ3v) is 6.38. The number of hydrogen-bond acceptors (Lipinski definition) is 3. The number of hydrogen-bond donors (Lipinski definition) is 1. The number of nitrogens with zero attached hydrogens (tertiary/aromatic N) is 2.